The second-order valence-electron chi connectivity index (χ2n) is 2.86. The first-order chi connectivity index (χ1) is 6.52. The Labute approximate surface area is 98.1 Å². The van der Waals surface area contributed by atoms with E-state index in [1.54, 1.807) is 12.1 Å². The number of rotatable bonds is 3. The second kappa shape index (κ2) is 5.92. The lowest BCUT2D eigenvalue weighted by molar-refractivity contribution is -0.141. The summed E-state index contributed by atoms with van der Waals surface area (Å²) < 4.78 is 0. The van der Waals surface area contributed by atoms with Crippen LogP contribution < -0.4 is 5.73 Å². The Morgan fingerprint density at radius 2 is 1.80 bits per heavy atom. The lowest BCUT2D eigenvalue weighted by atomic mass is 10.0. The van der Waals surface area contributed by atoms with E-state index >= 15 is 0 Å². The van der Waals surface area contributed by atoms with Crippen LogP contribution >= 0.6 is 24.0 Å². The van der Waals surface area contributed by atoms with Gasteiger partial charge >= 0.3 is 5.97 Å². The highest BCUT2D eigenvalue weighted by Crippen LogP contribution is 2.18. The number of aliphatic hydroxyl groups is 1. The third kappa shape index (κ3) is 3.68. The van der Waals surface area contributed by atoms with E-state index in [0.29, 0.717) is 10.6 Å². The molecule has 0 saturated carbocycles. The first kappa shape index (κ1) is 14.2. The highest BCUT2D eigenvalue weighted by molar-refractivity contribution is 6.30. The van der Waals surface area contributed by atoms with Crippen LogP contribution in [-0.2, 0) is 4.79 Å². The molecule has 1 aromatic carbocycles. The Bertz CT molecular complexity index is 329. The number of aliphatic carboxylic acids is 1. The molecule has 15 heavy (non-hydrogen) atoms. The molecule has 0 aliphatic carbocycles. The van der Waals surface area contributed by atoms with Crippen molar-refractivity contribution in [2.24, 2.45) is 5.73 Å². The van der Waals surface area contributed by atoms with Gasteiger partial charge in [-0.15, -0.1) is 12.4 Å². The molecule has 0 saturated heterocycles. The molecule has 2 atom stereocenters. The van der Waals surface area contributed by atoms with Crippen LogP contribution in [0, 0.1) is 0 Å². The molecule has 0 unspecified atom stereocenters. The number of aliphatic hydroxyl groups excluding tert-OH is 1. The Morgan fingerprint density at radius 1 is 1.33 bits per heavy atom. The van der Waals surface area contributed by atoms with Crippen LogP contribution in [0.4, 0.5) is 0 Å². The van der Waals surface area contributed by atoms with Gasteiger partial charge in [-0.05, 0) is 17.7 Å². The molecule has 0 bridgehead atoms. The molecule has 0 spiro atoms. The fourth-order valence-electron chi connectivity index (χ4n) is 1.00. The summed E-state index contributed by atoms with van der Waals surface area (Å²) >= 11 is 5.63. The zero-order chi connectivity index (χ0) is 10.7. The van der Waals surface area contributed by atoms with E-state index in [4.69, 9.17) is 22.4 Å². The minimum Gasteiger partial charge on any atom is -0.480 e. The van der Waals surface area contributed by atoms with Crippen molar-refractivity contribution >= 4 is 30.0 Å². The van der Waals surface area contributed by atoms with Gasteiger partial charge in [0.1, 0.15) is 12.1 Å². The zero-order valence-electron chi connectivity index (χ0n) is 7.63. The van der Waals surface area contributed by atoms with E-state index in [0.717, 1.165) is 0 Å². The van der Waals surface area contributed by atoms with Crippen LogP contribution in [0.25, 0.3) is 0 Å². The number of carboxylic acids is 1. The van der Waals surface area contributed by atoms with E-state index < -0.39 is 18.1 Å². The van der Waals surface area contributed by atoms with Crippen LogP contribution in [-0.4, -0.2) is 22.2 Å². The molecule has 6 heteroatoms. The zero-order valence-corrected chi connectivity index (χ0v) is 9.20. The lowest BCUT2D eigenvalue weighted by Crippen LogP contribution is -2.36. The van der Waals surface area contributed by atoms with Crippen molar-refractivity contribution in [3.05, 3.63) is 34.9 Å². The van der Waals surface area contributed by atoms with E-state index in [2.05, 4.69) is 0 Å². The summed E-state index contributed by atoms with van der Waals surface area (Å²) in [7, 11) is 0. The molecular weight excluding hydrogens is 241 g/mol. The smallest absolute Gasteiger partial charge is 0.323 e. The molecule has 0 aliphatic rings. The third-order valence-electron chi connectivity index (χ3n) is 1.84. The van der Waals surface area contributed by atoms with Gasteiger partial charge < -0.3 is 15.9 Å². The molecule has 0 fully saturated rings. The normalized spacial score (nSPS) is 13.8. The van der Waals surface area contributed by atoms with Gasteiger partial charge in [0.15, 0.2) is 0 Å². The van der Waals surface area contributed by atoms with E-state index in [1.807, 2.05) is 0 Å². The summed E-state index contributed by atoms with van der Waals surface area (Å²) in [6.07, 6.45) is -1.22. The molecule has 4 N–H and O–H groups in total. The SMILES string of the molecule is Cl.N[C@H](C(=O)O)[C@H](O)c1ccc(Cl)cc1. The number of nitrogens with two attached hydrogens (primary N) is 1. The number of hydrogen-bond acceptors (Lipinski definition) is 3. The maximum atomic E-state index is 10.5. The minimum absolute atomic E-state index is 0. The number of benzene rings is 1. The van der Waals surface area contributed by atoms with Crippen molar-refractivity contribution in [2.45, 2.75) is 12.1 Å². The summed E-state index contributed by atoms with van der Waals surface area (Å²) in [4.78, 5) is 10.5. The highest BCUT2D eigenvalue weighted by Gasteiger charge is 2.23. The van der Waals surface area contributed by atoms with Crippen LogP contribution in [0.15, 0.2) is 24.3 Å². The summed E-state index contributed by atoms with van der Waals surface area (Å²) in [5, 5.41) is 18.6. The number of carboxylic acid groups (broad SMARTS) is 1. The summed E-state index contributed by atoms with van der Waals surface area (Å²) in [6.45, 7) is 0. The maximum absolute atomic E-state index is 10.5. The maximum Gasteiger partial charge on any atom is 0.323 e. The molecule has 1 aromatic rings. The summed E-state index contributed by atoms with van der Waals surface area (Å²) in [6, 6.07) is 4.88. The lowest BCUT2D eigenvalue weighted by Gasteiger charge is -2.14. The number of hydrogen-bond donors (Lipinski definition) is 3. The average Bonchev–Trinajstić information content (AvgIpc) is 2.16. The fraction of sp³-hybridized carbons (Fsp3) is 0.222. The number of carbonyl (C=O) groups is 1. The molecule has 0 amide bonds. The summed E-state index contributed by atoms with van der Waals surface area (Å²) in [5.41, 5.74) is 5.68. The van der Waals surface area contributed by atoms with Gasteiger partial charge in [-0.2, -0.15) is 0 Å². The first-order valence-corrected chi connectivity index (χ1v) is 4.32. The average molecular weight is 252 g/mol. The van der Waals surface area contributed by atoms with Gasteiger partial charge in [-0.3, -0.25) is 4.79 Å². The predicted octanol–water partition coefficient (Wildman–Crippen LogP) is 1.21. The van der Waals surface area contributed by atoms with Crippen molar-refractivity contribution in [1.29, 1.82) is 0 Å². The van der Waals surface area contributed by atoms with Gasteiger partial charge in [0, 0.05) is 5.02 Å². The van der Waals surface area contributed by atoms with E-state index in [9.17, 15) is 9.90 Å². The molecule has 4 nitrogen and oxygen atoms in total. The van der Waals surface area contributed by atoms with E-state index in [1.165, 1.54) is 12.1 Å². The Hall–Kier alpha value is -0.810. The second-order valence-corrected chi connectivity index (χ2v) is 3.30. The molecule has 0 heterocycles. The molecule has 0 aromatic heterocycles. The van der Waals surface area contributed by atoms with Crippen LogP contribution in [0.1, 0.15) is 11.7 Å². The molecule has 0 radical (unpaired) electrons. The van der Waals surface area contributed by atoms with Gasteiger partial charge in [0.05, 0.1) is 0 Å². The highest BCUT2D eigenvalue weighted by atomic mass is 35.5. The molecule has 1 rings (SSSR count). The van der Waals surface area contributed by atoms with Gasteiger partial charge in [-0.1, -0.05) is 23.7 Å². The fourth-order valence-corrected chi connectivity index (χ4v) is 1.13. The monoisotopic (exact) mass is 251 g/mol. The topological polar surface area (TPSA) is 83.6 Å². The summed E-state index contributed by atoms with van der Waals surface area (Å²) in [5.74, 6) is -1.24. The predicted molar refractivity (Wildman–Crippen MR) is 59.3 cm³/mol. The minimum atomic E-state index is -1.32. The van der Waals surface area contributed by atoms with Crippen molar-refractivity contribution in [3.63, 3.8) is 0 Å². The largest absolute Gasteiger partial charge is 0.480 e. The Kier molecular flexibility index (Phi) is 5.60. The van der Waals surface area contributed by atoms with E-state index in [-0.39, 0.29) is 12.4 Å². The molecule has 0 aliphatic heterocycles. The molecule has 84 valence electrons. The first-order valence-electron chi connectivity index (χ1n) is 3.94. The van der Waals surface area contributed by atoms with Crippen LogP contribution in [0.5, 0.6) is 0 Å². The van der Waals surface area contributed by atoms with Crippen molar-refractivity contribution in [2.75, 3.05) is 0 Å². The third-order valence-corrected chi connectivity index (χ3v) is 2.09. The standard InChI is InChI=1S/C9H10ClNO3.ClH/c10-6-3-1-5(2-4-6)8(12)7(11)9(13)14;/h1-4,7-8,12H,11H2,(H,13,14);1H/t7-,8+;/m0./s1. The Morgan fingerprint density at radius 3 is 2.20 bits per heavy atom. The van der Waals surface area contributed by atoms with Crippen LogP contribution in [0.3, 0.4) is 0 Å². The number of halogens is 2. The van der Waals surface area contributed by atoms with Crippen molar-refractivity contribution in [3.8, 4) is 0 Å². The van der Waals surface area contributed by atoms with Crippen LogP contribution in [0.2, 0.25) is 5.02 Å². The van der Waals surface area contributed by atoms with Gasteiger partial charge in [0.25, 0.3) is 0 Å². The Balaban J connectivity index is 0.00000196. The molecular formula is C9H11Cl2NO3. The quantitative estimate of drug-likeness (QED) is 0.754. The van der Waals surface area contributed by atoms with Crippen molar-refractivity contribution < 1.29 is 15.0 Å². The van der Waals surface area contributed by atoms with Crippen molar-refractivity contribution in [1.82, 2.24) is 0 Å². The van der Waals surface area contributed by atoms with Gasteiger partial charge in [-0.25, -0.2) is 0 Å². The van der Waals surface area contributed by atoms with Gasteiger partial charge in [0.2, 0.25) is 0 Å².